The number of unbranched alkanes of at least 4 members (excludes halogenated alkanes) is 12. The van der Waals surface area contributed by atoms with E-state index >= 15 is 0 Å². The van der Waals surface area contributed by atoms with Crippen LogP contribution in [0.3, 0.4) is 0 Å². The summed E-state index contributed by atoms with van der Waals surface area (Å²) in [7, 11) is -4.72. The van der Waals surface area contributed by atoms with Gasteiger partial charge >= 0.3 is 19.8 Å². The molecule has 0 aliphatic rings. The van der Waals surface area contributed by atoms with Crippen molar-refractivity contribution in [3.05, 3.63) is 0 Å². The van der Waals surface area contributed by atoms with Crippen molar-refractivity contribution < 1.29 is 37.9 Å². The second kappa shape index (κ2) is 20.6. The van der Waals surface area contributed by atoms with Crippen molar-refractivity contribution >= 4 is 19.8 Å². The quantitative estimate of drug-likeness (QED) is 0.113. The molecule has 0 aliphatic heterocycles. The number of hydrogen-bond donors (Lipinski definition) is 2. The summed E-state index contributed by atoms with van der Waals surface area (Å²) in [6.07, 6.45) is 14.5. The summed E-state index contributed by atoms with van der Waals surface area (Å²) in [5.41, 5.74) is 0. The molecule has 0 spiro atoms. The monoisotopic (exact) mass is 480 g/mol. The van der Waals surface area contributed by atoms with Gasteiger partial charge in [0.15, 0.2) is 6.10 Å². The van der Waals surface area contributed by atoms with Crippen LogP contribution in [0.25, 0.3) is 0 Å². The predicted molar refractivity (Wildman–Crippen MR) is 124 cm³/mol. The summed E-state index contributed by atoms with van der Waals surface area (Å²) in [5.74, 6) is -0.899. The SMILES string of the molecule is CCCCCCCCCC(=O)OCC(COP(=O)(O)O)OC(=O)CCCCCCCCC. The number of hydrogen-bond acceptors (Lipinski definition) is 6. The highest BCUT2D eigenvalue weighted by Crippen LogP contribution is 2.35. The van der Waals surface area contributed by atoms with Crippen LogP contribution in [0.1, 0.15) is 117 Å². The highest BCUT2D eigenvalue weighted by atomic mass is 31.2. The predicted octanol–water partition coefficient (Wildman–Crippen LogP) is 5.83. The first-order valence-corrected chi connectivity index (χ1v) is 13.9. The van der Waals surface area contributed by atoms with E-state index in [0.717, 1.165) is 38.5 Å². The zero-order chi connectivity index (χ0) is 24.1. The minimum atomic E-state index is -4.72. The van der Waals surface area contributed by atoms with Crippen molar-refractivity contribution in [2.45, 2.75) is 123 Å². The Kier molecular flexibility index (Phi) is 20.0. The molecular weight excluding hydrogens is 435 g/mol. The van der Waals surface area contributed by atoms with Crippen LogP contribution in [-0.2, 0) is 28.2 Å². The lowest BCUT2D eigenvalue weighted by Gasteiger charge is -2.18. The van der Waals surface area contributed by atoms with Crippen molar-refractivity contribution in [1.29, 1.82) is 0 Å². The molecule has 8 nitrogen and oxygen atoms in total. The van der Waals surface area contributed by atoms with E-state index in [4.69, 9.17) is 19.3 Å². The van der Waals surface area contributed by atoms with Gasteiger partial charge in [0.25, 0.3) is 0 Å². The molecule has 0 radical (unpaired) electrons. The van der Waals surface area contributed by atoms with Crippen molar-refractivity contribution in [2.24, 2.45) is 0 Å². The van der Waals surface area contributed by atoms with Gasteiger partial charge < -0.3 is 19.3 Å². The smallest absolute Gasteiger partial charge is 0.462 e. The molecule has 2 N–H and O–H groups in total. The summed E-state index contributed by atoms with van der Waals surface area (Å²) in [4.78, 5) is 41.8. The van der Waals surface area contributed by atoms with E-state index in [0.29, 0.717) is 6.42 Å². The van der Waals surface area contributed by atoms with Gasteiger partial charge in [-0.1, -0.05) is 90.9 Å². The van der Waals surface area contributed by atoms with Crippen molar-refractivity contribution in [1.82, 2.24) is 0 Å². The molecule has 1 unspecified atom stereocenters. The molecule has 32 heavy (non-hydrogen) atoms. The molecule has 0 aromatic carbocycles. The van der Waals surface area contributed by atoms with Gasteiger partial charge in [-0.2, -0.15) is 0 Å². The Balaban J connectivity index is 4.17. The van der Waals surface area contributed by atoms with Gasteiger partial charge in [0.1, 0.15) is 6.61 Å². The zero-order valence-corrected chi connectivity index (χ0v) is 21.0. The van der Waals surface area contributed by atoms with Crippen molar-refractivity contribution in [2.75, 3.05) is 13.2 Å². The summed E-state index contributed by atoms with van der Waals surface area (Å²) >= 11 is 0. The van der Waals surface area contributed by atoms with E-state index in [1.165, 1.54) is 44.9 Å². The van der Waals surface area contributed by atoms with Crippen LogP contribution in [0.2, 0.25) is 0 Å². The molecule has 0 saturated carbocycles. The average molecular weight is 481 g/mol. The van der Waals surface area contributed by atoms with Gasteiger partial charge in [0.2, 0.25) is 0 Å². The Hall–Kier alpha value is -0.950. The Morgan fingerprint density at radius 1 is 0.688 bits per heavy atom. The van der Waals surface area contributed by atoms with E-state index in [-0.39, 0.29) is 19.4 Å². The molecule has 0 aromatic rings. The minimum absolute atomic E-state index is 0.214. The van der Waals surface area contributed by atoms with Crippen LogP contribution in [0.5, 0.6) is 0 Å². The largest absolute Gasteiger partial charge is 0.469 e. The van der Waals surface area contributed by atoms with E-state index in [1.807, 2.05) is 0 Å². The summed E-state index contributed by atoms with van der Waals surface area (Å²) < 4.78 is 25.8. The molecule has 0 amide bonds. The molecule has 0 bridgehead atoms. The van der Waals surface area contributed by atoms with Gasteiger partial charge in [-0.25, -0.2) is 4.57 Å². The zero-order valence-electron chi connectivity index (χ0n) is 20.1. The van der Waals surface area contributed by atoms with E-state index in [1.54, 1.807) is 0 Å². The Labute approximate surface area is 194 Å². The van der Waals surface area contributed by atoms with Gasteiger partial charge in [-0.05, 0) is 12.8 Å². The van der Waals surface area contributed by atoms with Crippen molar-refractivity contribution in [3.8, 4) is 0 Å². The lowest BCUT2D eigenvalue weighted by atomic mass is 10.1. The first-order chi connectivity index (χ1) is 15.3. The lowest BCUT2D eigenvalue weighted by molar-refractivity contribution is -0.161. The van der Waals surface area contributed by atoms with Crippen LogP contribution < -0.4 is 0 Å². The van der Waals surface area contributed by atoms with Gasteiger partial charge in [-0.3, -0.25) is 14.1 Å². The summed E-state index contributed by atoms with van der Waals surface area (Å²) in [6, 6.07) is 0. The maximum absolute atomic E-state index is 12.1. The molecule has 9 heteroatoms. The van der Waals surface area contributed by atoms with E-state index in [2.05, 4.69) is 18.4 Å². The normalized spacial score (nSPS) is 12.5. The van der Waals surface area contributed by atoms with Crippen LogP contribution in [0.4, 0.5) is 0 Å². The number of carbonyl (C=O) groups excluding carboxylic acids is 2. The standard InChI is InChI=1S/C23H45O8P/c1-3-5-7-9-11-13-15-17-22(24)29-19-21(20-30-32(26,27)28)31-23(25)18-16-14-12-10-8-6-4-2/h21H,3-20H2,1-2H3,(H2,26,27,28). The molecule has 0 aromatic heterocycles. The highest BCUT2D eigenvalue weighted by molar-refractivity contribution is 7.46. The fourth-order valence-corrected chi connectivity index (χ4v) is 3.61. The Morgan fingerprint density at radius 3 is 1.59 bits per heavy atom. The molecule has 190 valence electrons. The summed E-state index contributed by atoms with van der Waals surface area (Å²) in [5, 5.41) is 0. The first-order valence-electron chi connectivity index (χ1n) is 12.3. The third-order valence-corrected chi connectivity index (χ3v) is 5.61. The molecule has 1 atom stereocenters. The maximum atomic E-state index is 12.1. The van der Waals surface area contributed by atoms with Crippen LogP contribution in [0.15, 0.2) is 0 Å². The van der Waals surface area contributed by atoms with Crippen LogP contribution in [0, 0.1) is 0 Å². The average Bonchev–Trinajstić information content (AvgIpc) is 2.73. The maximum Gasteiger partial charge on any atom is 0.469 e. The highest BCUT2D eigenvalue weighted by Gasteiger charge is 2.22. The number of rotatable bonds is 22. The van der Waals surface area contributed by atoms with Crippen molar-refractivity contribution in [3.63, 3.8) is 0 Å². The van der Waals surface area contributed by atoms with E-state index in [9.17, 15) is 14.2 Å². The van der Waals surface area contributed by atoms with Gasteiger partial charge in [-0.15, -0.1) is 0 Å². The second-order valence-electron chi connectivity index (χ2n) is 8.32. The minimum Gasteiger partial charge on any atom is -0.462 e. The molecular formula is C23H45O8P. The second-order valence-corrected chi connectivity index (χ2v) is 9.56. The number of esters is 2. The van der Waals surface area contributed by atoms with Gasteiger partial charge in [0, 0.05) is 12.8 Å². The lowest BCUT2D eigenvalue weighted by Crippen LogP contribution is -2.29. The molecule has 0 aliphatic carbocycles. The number of ether oxygens (including phenoxy) is 2. The number of phosphoric acid groups is 1. The number of phosphoric ester groups is 1. The third kappa shape index (κ3) is 22.3. The Bertz CT molecular complexity index is 520. The topological polar surface area (TPSA) is 119 Å². The van der Waals surface area contributed by atoms with E-state index < -0.39 is 32.5 Å². The number of carbonyl (C=O) groups is 2. The summed E-state index contributed by atoms with van der Waals surface area (Å²) in [6.45, 7) is 3.52. The molecule has 0 saturated heterocycles. The molecule has 0 heterocycles. The van der Waals surface area contributed by atoms with Crippen LogP contribution in [-0.4, -0.2) is 41.0 Å². The fraction of sp³-hybridized carbons (Fsp3) is 0.913. The molecule has 0 fully saturated rings. The first kappa shape index (κ1) is 31.0. The van der Waals surface area contributed by atoms with Gasteiger partial charge in [0.05, 0.1) is 6.61 Å². The fourth-order valence-electron chi connectivity index (χ4n) is 3.25. The van der Waals surface area contributed by atoms with Crippen LogP contribution >= 0.6 is 7.82 Å². The Morgan fingerprint density at radius 2 is 1.12 bits per heavy atom. The molecule has 0 rings (SSSR count). The third-order valence-electron chi connectivity index (χ3n) is 5.13.